The molecular formula is C17H17FN2O. The number of nitrogens with one attached hydrogen (secondary N) is 2. The molecule has 3 nitrogen and oxygen atoms in total. The van der Waals surface area contributed by atoms with E-state index < -0.39 is 0 Å². The third-order valence-electron chi connectivity index (χ3n) is 3.90. The molecule has 0 saturated carbocycles. The average molecular weight is 284 g/mol. The Kier molecular flexibility index (Phi) is 3.71. The van der Waals surface area contributed by atoms with Crippen molar-refractivity contribution in [2.45, 2.75) is 19.9 Å². The van der Waals surface area contributed by atoms with Crippen molar-refractivity contribution in [3.8, 4) is 0 Å². The van der Waals surface area contributed by atoms with Crippen LogP contribution in [0.2, 0.25) is 0 Å². The zero-order valence-corrected chi connectivity index (χ0v) is 11.9. The fourth-order valence-electron chi connectivity index (χ4n) is 2.68. The average Bonchev–Trinajstić information content (AvgIpc) is 2.51. The highest BCUT2D eigenvalue weighted by Crippen LogP contribution is 2.22. The Bertz CT molecular complexity index is 697. The number of benzene rings is 2. The molecule has 0 atom stereocenters. The van der Waals surface area contributed by atoms with Gasteiger partial charge in [0.15, 0.2) is 0 Å². The third-order valence-corrected chi connectivity index (χ3v) is 3.90. The number of anilines is 1. The monoisotopic (exact) mass is 284 g/mol. The van der Waals surface area contributed by atoms with Crippen LogP contribution in [-0.4, -0.2) is 12.5 Å². The maximum absolute atomic E-state index is 13.5. The number of amides is 1. The largest absolute Gasteiger partial charge is 0.322 e. The Hall–Kier alpha value is -2.20. The van der Waals surface area contributed by atoms with Crippen molar-refractivity contribution in [2.24, 2.45) is 0 Å². The van der Waals surface area contributed by atoms with E-state index in [0.29, 0.717) is 16.8 Å². The van der Waals surface area contributed by atoms with Crippen LogP contribution in [0.4, 0.5) is 10.1 Å². The highest BCUT2D eigenvalue weighted by atomic mass is 19.1. The second-order valence-corrected chi connectivity index (χ2v) is 5.24. The van der Waals surface area contributed by atoms with E-state index in [2.05, 4.69) is 10.6 Å². The predicted molar refractivity (Wildman–Crippen MR) is 80.9 cm³/mol. The molecule has 0 fully saturated rings. The molecule has 1 aliphatic rings. The Labute approximate surface area is 123 Å². The molecule has 2 N–H and O–H groups in total. The van der Waals surface area contributed by atoms with Crippen molar-refractivity contribution < 1.29 is 9.18 Å². The molecule has 108 valence electrons. The van der Waals surface area contributed by atoms with Crippen LogP contribution in [-0.2, 0) is 13.0 Å². The van der Waals surface area contributed by atoms with Gasteiger partial charge < -0.3 is 10.6 Å². The van der Waals surface area contributed by atoms with Gasteiger partial charge in [0.05, 0.1) is 0 Å². The first kappa shape index (κ1) is 13.8. The minimum absolute atomic E-state index is 0.178. The molecule has 2 aromatic rings. The van der Waals surface area contributed by atoms with Crippen LogP contribution < -0.4 is 10.6 Å². The van der Waals surface area contributed by atoms with Gasteiger partial charge in [0.2, 0.25) is 0 Å². The Morgan fingerprint density at radius 3 is 2.90 bits per heavy atom. The van der Waals surface area contributed by atoms with Crippen molar-refractivity contribution in [1.82, 2.24) is 5.32 Å². The van der Waals surface area contributed by atoms with Gasteiger partial charge in [-0.3, -0.25) is 4.79 Å². The molecule has 0 radical (unpaired) electrons. The van der Waals surface area contributed by atoms with E-state index in [1.807, 2.05) is 18.2 Å². The lowest BCUT2D eigenvalue weighted by Gasteiger charge is -2.20. The molecule has 0 aliphatic carbocycles. The molecule has 1 heterocycles. The quantitative estimate of drug-likeness (QED) is 0.890. The summed E-state index contributed by atoms with van der Waals surface area (Å²) in [6, 6.07) is 10.5. The van der Waals surface area contributed by atoms with Crippen molar-refractivity contribution in [3.05, 3.63) is 64.5 Å². The summed E-state index contributed by atoms with van der Waals surface area (Å²) in [6.45, 7) is 3.32. The smallest absolute Gasteiger partial charge is 0.255 e. The summed E-state index contributed by atoms with van der Waals surface area (Å²) in [5.41, 5.74) is 3.90. The van der Waals surface area contributed by atoms with Gasteiger partial charge in [0, 0.05) is 23.4 Å². The van der Waals surface area contributed by atoms with Crippen LogP contribution in [0, 0.1) is 12.7 Å². The summed E-state index contributed by atoms with van der Waals surface area (Å²) in [4.78, 5) is 12.5. The Morgan fingerprint density at radius 2 is 2.05 bits per heavy atom. The number of fused-ring (bicyclic) bond motifs is 1. The zero-order chi connectivity index (χ0) is 14.8. The first-order valence-electron chi connectivity index (χ1n) is 7.05. The minimum atomic E-state index is -0.313. The summed E-state index contributed by atoms with van der Waals surface area (Å²) < 4.78 is 13.5. The van der Waals surface area contributed by atoms with Crippen molar-refractivity contribution in [3.63, 3.8) is 0 Å². The molecule has 0 spiro atoms. The van der Waals surface area contributed by atoms with E-state index in [4.69, 9.17) is 0 Å². The van der Waals surface area contributed by atoms with Crippen LogP contribution in [0.25, 0.3) is 0 Å². The summed E-state index contributed by atoms with van der Waals surface area (Å²) in [7, 11) is 0. The fourth-order valence-corrected chi connectivity index (χ4v) is 2.68. The van der Waals surface area contributed by atoms with Crippen LogP contribution in [0.15, 0.2) is 36.4 Å². The van der Waals surface area contributed by atoms with E-state index in [1.165, 1.54) is 6.07 Å². The number of rotatable bonds is 2. The van der Waals surface area contributed by atoms with Crippen LogP contribution in [0.3, 0.4) is 0 Å². The van der Waals surface area contributed by atoms with Crippen molar-refractivity contribution in [1.29, 1.82) is 0 Å². The molecule has 2 aromatic carbocycles. The molecule has 3 rings (SSSR count). The zero-order valence-electron chi connectivity index (χ0n) is 11.9. The predicted octanol–water partition coefficient (Wildman–Crippen LogP) is 3.03. The van der Waals surface area contributed by atoms with Crippen LogP contribution in [0.1, 0.15) is 27.0 Å². The second kappa shape index (κ2) is 5.66. The summed E-state index contributed by atoms with van der Waals surface area (Å²) in [5.74, 6) is -0.491. The van der Waals surface area contributed by atoms with Gasteiger partial charge in [0.1, 0.15) is 5.82 Å². The third kappa shape index (κ3) is 2.67. The second-order valence-electron chi connectivity index (χ2n) is 5.24. The molecule has 4 heteroatoms. The van der Waals surface area contributed by atoms with Crippen molar-refractivity contribution in [2.75, 3.05) is 11.9 Å². The van der Waals surface area contributed by atoms with E-state index in [9.17, 15) is 9.18 Å². The number of halogens is 1. The molecule has 1 aliphatic heterocycles. The SMILES string of the molecule is Cc1c(F)cccc1NC(=O)c1cccc2c1CCNC2. The van der Waals surface area contributed by atoms with Crippen molar-refractivity contribution >= 4 is 11.6 Å². The van der Waals surface area contributed by atoms with E-state index in [1.54, 1.807) is 19.1 Å². The summed E-state index contributed by atoms with van der Waals surface area (Å²) in [5, 5.41) is 6.11. The molecule has 0 bridgehead atoms. The lowest BCUT2D eigenvalue weighted by atomic mass is 9.95. The van der Waals surface area contributed by atoms with Crippen LogP contribution >= 0.6 is 0 Å². The number of carbonyl (C=O) groups is 1. The first-order chi connectivity index (χ1) is 10.2. The topological polar surface area (TPSA) is 41.1 Å². The van der Waals surface area contributed by atoms with Gasteiger partial charge in [0.25, 0.3) is 5.91 Å². The molecule has 0 saturated heterocycles. The van der Waals surface area contributed by atoms with E-state index >= 15 is 0 Å². The minimum Gasteiger partial charge on any atom is -0.322 e. The Morgan fingerprint density at radius 1 is 1.24 bits per heavy atom. The van der Waals surface area contributed by atoms with Gasteiger partial charge in [-0.15, -0.1) is 0 Å². The normalized spacial score (nSPS) is 13.6. The standard InChI is InChI=1S/C17H17FN2O/c1-11-15(18)6-3-7-16(11)20-17(21)14-5-2-4-12-10-19-9-8-13(12)14/h2-7,19H,8-10H2,1H3,(H,20,21). The molecule has 0 aromatic heterocycles. The van der Waals surface area contributed by atoms with Crippen LogP contribution in [0.5, 0.6) is 0 Å². The lowest BCUT2D eigenvalue weighted by Crippen LogP contribution is -2.26. The molecular weight excluding hydrogens is 267 g/mol. The maximum atomic E-state index is 13.5. The molecule has 21 heavy (non-hydrogen) atoms. The van der Waals surface area contributed by atoms with Gasteiger partial charge in [-0.1, -0.05) is 18.2 Å². The summed E-state index contributed by atoms with van der Waals surface area (Å²) >= 11 is 0. The first-order valence-corrected chi connectivity index (χ1v) is 7.05. The number of hydrogen-bond donors (Lipinski definition) is 2. The highest BCUT2D eigenvalue weighted by molar-refractivity contribution is 6.05. The molecule has 1 amide bonds. The van der Waals surface area contributed by atoms with Gasteiger partial charge in [-0.25, -0.2) is 4.39 Å². The van der Waals surface area contributed by atoms with Gasteiger partial charge >= 0.3 is 0 Å². The van der Waals surface area contributed by atoms with E-state index in [0.717, 1.165) is 30.6 Å². The van der Waals surface area contributed by atoms with Gasteiger partial charge in [-0.05, 0) is 49.2 Å². The summed E-state index contributed by atoms with van der Waals surface area (Å²) in [6.07, 6.45) is 0.834. The van der Waals surface area contributed by atoms with E-state index in [-0.39, 0.29) is 11.7 Å². The highest BCUT2D eigenvalue weighted by Gasteiger charge is 2.18. The van der Waals surface area contributed by atoms with Gasteiger partial charge in [-0.2, -0.15) is 0 Å². The number of hydrogen-bond acceptors (Lipinski definition) is 2. The lowest BCUT2D eigenvalue weighted by molar-refractivity contribution is 0.102. The Balaban J connectivity index is 1.91. The molecule has 0 unspecified atom stereocenters. The number of carbonyl (C=O) groups excluding carboxylic acids is 1. The fraction of sp³-hybridized carbons (Fsp3) is 0.235. The maximum Gasteiger partial charge on any atom is 0.255 e.